The molecule has 0 amide bonds. The second-order valence-corrected chi connectivity index (χ2v) is 22.5. The fraction of sp³-hybridized carbons (Fsp3) is 0.155. The molecule has 0 aliphatic heterocycles. The van der Waals surface area contributed by atoms with Gasteiger partial charge in [-0.2, -0.15) is 0 Å². The van der Waals surface area contributed by atoms with Crippen LogP contribution >= 0.6 is 0 Å². The summed E-state index contributed by atoms with van der Waals surface area (Å²) < 4.78 is 2.28. The zero-order valence-corrected chi connectivity index (χ0v) is 44.2. The lowest BCUT2D eigenvalue weighted by atomic mass is 9.78. The van der Waals surface area contributed by atoms with E-state index in [2.05, 4.69) is 260 Å². The Balaban J connectivity index is 1.13. The zero-order valence-electron chi connectivity index (χ0n) is 44.2. The van der Waals surface area contributed by atoms with Gasteiger partial charge in [0.15, 0.2) is 0 Å². The number of rotatable bonds is 10. The van der Waals surface area contributed by atoms with E-state index in [1.807, 2.05) is 30.5 Å². The number of benzene rings is 9. The lowest BCUT2D eigenvalue weighted by Gasteiger charge is -2.26. The van der Waals surface area contributed by atoms with Crippen LogP contribution < -0.4 is 0 Å². The first-order valence-corrected chi connectivity index (χ1v) is 26.1. The van der Waals surface area contributed by atoms with Crippen molar-refractivity contribution in [2.75, 3.05) is 0 Å². The molecule has 4 heteroatoms. The summed E-state index contributed by atoms with van der Waals surface area (Å²) in [4.78, 5) is 10.8. The summed E-state index contributed by atoms with van der Waals surface area (Å²) in [7, 11) is 0. The van der Waals surface area contributed by atoms with E-state index in [0.29, 0.717) is 11.4 Å². The van der Waals surface area contributed by atoms with Gasteiger partial charge in [0.2, 0.25) is 0 Å². The van der Waals surface area contributed by atoms with Gasteiger partial charge >= 0.3 is 0 Å². The van der Waals surface area contributed by atoms with Crippen LogP contribution in [0, 0.1) is 0 Å². The summed E-state index contributed by atoms with van der Waals surface area (Å²) in [6, 6.07) is 79.6. The van der Waals surface area contributed by atoms with Gasteiger partial charge in [-0.15, -0.1) is 0 Å². The lowest BCUT2D eigenvalue weighted by Crippen LogP contribution is -2.18. The molecule has 0 spiro atoms. The minimum Gasteiger partial charge on any atom is -0.507 e. The molecule has 11 rings (SSSR count). The van der Waals surface area contributed by atoms with Gasteiger partial charge in [-0.3, -0.25) is 9.55 Å². The lowest BCUT2D eigenvalue weighted by molar-refractivity contribution is 0.479. The van der Waals surface area contributed by atoms with Crippen LogP contribution in [0.1, 0.15) is 77.6 Å². The second kappa shape index (κ2) is 19.3. The first-order valence-electron chi connectivity index (χ1n) is 26.1. The molecule has 11 aromatic rings. The topological polar surface area (TPSA) is 50.9 Å². The van der Waals surface area contributed by atoms with Crippen molar-refractivity contribution < 1.29 is 5.11 Å². The van der Waals surface area contributed by atoms with Gasteiger partial charge in [-0.05, 0) is 127 Å². The molecule has 1 N–H and O–H groups in total. The fourth-order valence-electron chi connectivity index (χ4n) is 10.5. The van der Waals surface area contributed by atoms with Gasteiger partial charge in [0.05, 0.1) is 28.0 Å². The van der Waals surface area contributed by atoms with E-state index in [9.17, 15) is 5.11 Å². The predicted molar refractivity (Wildman–Crippen MR) is 315 cm³/mol. The number of aromatic nitrogens is 3. The third kappa shape index (κ3) is 9.49. The third-order valence-electron chi connectivity index (χ3n) is 15.0. The normalized spacial score (nSPS) is 12.1. The third-order valence-corrected chi connectivity index (χ3v) is 15.0. The molecular formula is C71H63N3O. The Morgan fingerprint density at radius 2 is 0.907 bits per heavy atom. The maximum absolute atomic E-state index is 12.8. The molecule has 0 fully saturated rings. The van der Waals surface area contributed by atoms with Crippen LogP contribution in [0.2, 0.25) is 0 Å². The van der Waals surface area contributed by atoms with Crippen molar-refractivity contribution in [1.29, 1.82) is 0 Å². The van der Waals surface area contributed by atoms with E-state index in [1.54, 1.807) is 0 Å². The molecule has 2 heterocycles. The quantitative estimate of drug-likeness (QED) is 0.149. The molecule has 0 bridgehead atoms. The highest BCUT2D eigenvalue weighted by Gasteiger charge is 2.27. The maximum Gasteiger partial charge on any atom is 0.149 e. The summed E-state index contributed by atoms with van der Waals surface area (Å²) >= 11 is 0. The average Bonchev–Trinajstić information content (AvgIpc) is 3.86. The molecule has 4 nitrogen and oxygen atoms in total. The Bertz CT molecular complexity index is 3840. The standard InChI is InChI=1S/C71H63N3O/c1-69(2,3)57-36-37-64(60(46-57)49-24-15-10-16-25-49)74-65-31-21-30-59(66(65)73-68(74)62-44-52(47-22-13-9-14-23-47)43-61(67(62)75)50-26-17-11-18-27-50)53-40-54(42-58(41-53)70(4,5)6)63-45-51(38-39-72-63)48-32-34-56(35-33-48)71(7,8)55-28-19-12-20-29-55/h9-46,75H,1-8H3. The molecule has 2 aromatic heterocycles. The zero-order chi connectivity index (χ0) is 52.1. The van der Waals surface area contributed by atoms with Gasteiger partial charge in [-0.25, -0.2) is 4.98 Å². The van der Waals surface area contributed by atoms with E-state index in [4.69, 9.17) is 9.97 Å². The predicted octanol–water partition coefficient (Wildman–Crippen LogP) is 18.7. The van der Waals surface area contributed by atoms with Crippen LogP contribution in [0.25, 0.3) is 95.0 Å². The summed E-state index contributed by atoms with van der Waals surface area (Å²) in [6.07, 6.45) is 1.93. The summed E-state index contributed by atoms with van der Waals surface area (Å²) in [5.41, 5.74) is 20.0. The van der Waals surface area contributed by atoms with Gasteiger partial charge < -0.3 is 5.11 Å². The van der Waals surface area contributed by atoms with Crippen LogP contribution in [0.4, 0.5) is 0 Å². The number of hydrogen-bond acceptors (Lipinski definition) is 3. The minimum atomic E-state index is -0.181. The largest absolute Gasteiger partial charge is 0.507 e. The Morgan fingerprint density at radius 3 is 1.55 bits per heavy atom. The monoisotopic (exact) mass is 973 g/mol. The van der Waals surface area contributed by atoms with Crippen molar-refractivity contribution in [3.63, 3.8) is 0 Å². The van der Waals surface area contributed by atoms with Gasteiger partial charge in [0.1, 0.15) is 11.6 Å². The molecule has 0 aliphatic carbocycles. The number of phenolic OH excluding ortho intramolecular Hbond substituents is 1. The average molecular weight is 974 g/mol. The molecule has 0 radical (unpaired) electrons. The smallest absolute Gasteiger partial charge is 0.149 e. The molecule has 75 heavy (non-hydrogen) atoms. The van der Waals surface area contributed by atoms with E-state index in [1.165, 1.54) is 22.3 Å². The van der Waals surface area contributed by atoms with Crippen molar-refractivity contribution in [1.82, 2.24) is 14.5 Å². The number of aromatic hydroxyl groups is 1. The number of para-hydroxylation sites is 1. The van der Waals surface area contributed by atoms with Crippen molar-refractivity contribution in [2.24, 2.45) is 0 Å². The summed E-state index contributed by atoms with van der Waals surface area (Å²) in [6.45, 7) is 18.2. The van der Waals surface area contributed by atoms with Gasteiger partial charge in [-0.1, -0.05) is 225 Å². The van der Waals surface area contributed by atoms with E-state index in [0.717, 1.165) is 83.6 Å². The van der Waals surface area contributed by atoms with Crippen molar-refractivity contribution in [2.45, 2.75) is 71.6 Å². The van der Waals surface area contributed by atoms with E-state index < -0.39 is 0 Å². The van der Waals surface area contributed by atoms with E-state index in [-0.39, 0.29) is 22.0 Å². The molecule has 0 unspecified atom stereocenters. The number of fused-ring (bicyclic) bond motifs is 1. The van der Waals surface area contributed by atoms with Crippen LogP contribution in [-0.2, 0) is 16.2 Å². The minimum absolute atomic E-state index is 0.101. The molecule has 368 valence electrons. The number of nitrogens with zero attached hydrogens (tertiary/aromatic N) is 3. The Hall–Kier alpha value is -8.60. The highest BCUT2D eigenvalue weighted by atomic mass is 16.3. The van der Waals surface area contributed by atoms with Crippen LogP contribution in [0.3, 0.4) is 0 Å². The van der Waals surface area contributed by atoms with E-state index >= 15 is 0 Å². The molecular weight excluding hydrogens is 911 g/mol. The number of hydrogen-bond donors (Lipinski definition) is 1. The summed E-state index contributed by atoms with van der Waals surface area (Å²) in [5, 5.41) is 12.8. The first kappa shape index (κ1) is 48.7. The van der Waals surface area contributed by atoms with Crippen LogP contribution in [0.5, 0.6) is 5.75 Å². The van der Waals surface area contributed by atoms with Gasteiger partial charge in [0, 0.05) is 33.9 Å². The Labute approximate surface area is 442 Å². The SMILES string of the molecule is CC(C)(C)c1cc(-c2cc(-c3ccc(C(C)(C)c4ccccc4)cc3)ccn2)cc(-c2cccc3c2nc(-c2cc(-c4ccccc4)cc(-c4ccccc4)c2O)n3-c2ccc(C(C)(C)C)cc2-c2ccccc2)c1. The van der Waals surface area contributed by atoms with Crippen molar-refractivity contribution in [3.8, 4) is 89.7 Å². The number of phenols is 1. The second-order valence-electron chi connectivity index (χ2n) is 22.5. The molecule has 0 aliphatic rings. The summed E-state index contributed by atoms with van der Waals surface area (Å²) in [5.74, 6) is 0.814. The van der Waals surface area contributed by atoms with Crippen molar-refractivity contribution in [3.05, 3.63) is 253 Å². The van der Waals surface area contributed by atoms with Crippen molar-refractivity contribution >= 4 is 11.0 Å². The maximum atomic E-state index is 12.8. The van der Waals surface area contributed by atoms with Crippen LogP contribution in [0.15, 0.2) is 231 Å². The van der Waals surface area contributed by atoms with Gasteiger partial charge in [0.25, 0.3) is 0 Å². The highest BCUT2D eigenvalue weighted by Crippen LogP contribution is 2.46. The Kier molecular flexibility index (Phi) is 12.6. The molecule has 0 saturated heterocycles. The molecule has 0 atom stereocenters. The van der Waals surface area contributed by atoms with Crippen LogP contribution in [-0.4, -0.2) is 19.6 Å². The number of imidazole rings is 1. The fourth-order valence-corrected chi connectivity index (χ4v) is 10.5. The first-order chi connectivity index (χ1) is 36.1. The molecule has 0 saturated carbocycles. The highest BCUT2D eigenvalue weighted by molar-refractivity contribution is 5.99. The molecule has 9 aromatic carbocycles. The Morgan fingerprint density at radius 1 is 0.360 bits per heavy atom. The number of pyridine rings is 1.